The first kappa shape index (κ1) is 43.2. The van der Waals surface area contributed by atoms with Crippen molar-refractivity contribution < 1.29 is 37.7 Å². The van der Waals surface area contributed by atoms with Crippen LogP contribution in [0.4, 0.5) is 25.4 Å². The zero-order valence-corrected chi connectivity index (χ0v) is 36.3. The molecule has 4 heterocycles. The number of ether oxygens (including phenoxy) is 4. The molecule has 0 aromatic heterocycles. The molecule has 6 rings (SSSR count). The molecule has 2 aromatic carbocycles. The van der Waals surface area contributed by atoms with Gasteiger partial charge in [-0.3, -0.25) is 4.79 Å². The Morgan fingerprint density at radius 1 is 0.603 bits per heavy atom. The van der Waals surface area contributed by atoms with Crippen molar-refractivity contribution >= 4 is 29.5 Å². The minimum absolute atomic E-state index is 0.0358. The number of hydrogen-bond acceptors (Lipinski definition) is 9. The number of carbonyl (C=O) groups is 3. The van der Waals surface area contributed by atoms with E-state index in [1.807, 2.05) is 70.7 Å². The van der Waals surface area contributed by atoms with Gasteiger partial charge in [-0.15, -0.1) is 0 Å². The monoisotopic (exact) mass is 807 g/mol. The maximum atomic E-state index is 14.9. The van der Waals surface area contributed by atoms with Crippen LogP contribution in [-0.2, 0) is 9.47 Å². The number of anilines is 2. The molecule has 4 saturated heterocycles. The van der Waals surface area contributed by atoms with Gasteiger partial charge in [0.2, 0.25) is 0 Å². The second kappa shape index (κ2) is 17.4. The Morgan fingerprint density at radius 2 is 1.19 bits per heavy atom. The summed E-state index contributed by atoms with van der Waals surface area (Å²) in [4.78, 5) is 49.0. The van der Waals surface area contributed by atoms with Crippen LogP contribution in [0.15, 0.2) is 36.4 Å². The van der Waals surface area contributed by atoms with Crippen molar-refractivity contribution in [2.45, 2.75) is 118 Å². The minimum Gasteiger partial charge on any atom is -0.490 e. The summed E-state index contributed by atoms with van der Waals surface area (Å²) >= 11 is 0. The lowest BCUT2D eigenvalue weighted by Gasteiger charge is -2.40. The molecule has 58 heavy (non-hydrogen) atoms. The van der Waals surface area contributed by atoms with Gasteiger partial charge in [0, 0.05) is 102 Å². The number of carbonyl (C=O) groups excluding carboxylic acids is 3. The van der Waals surface area contributed by atoms with Crippen molar-refractivity contribution in [1.29, 1.82) is 0 Å². The number of hydrogen-bond donors (Lipinski definition) is 0. The molecule has 0 radical (unpaired) electrons. The Kier molecular flexibility index (Phi) is 13.0. The highest BCUT2D eigenvalue weighted by Crippen LogP contribution is 2.39. The van der Waals surface area contributed by atoms with Crippen molar-refractivity contribution in [3.05, 3.63) is 47.8 Å². The summed E-state index contributed by atoms with van der Waals surface area (Å²) in [7, 11) is 0. The first-order chi connectivity index (χ1) is 27.2. The van der Waals surface area contributed by atoms with E-state index in [-0.39, 0.29) is 41.5 Å². The molecule has 0 saturated carbocycles. The summed E-state index contributed by atoms with van der Waals surface area (Å²) in [5, 5.41) is 0. The molecule has 0 spiro atoms. The fraction of sp³-hybridized carbons (Fsp3) is 0.667. The Bertz CT molecular complexity index is 1760. The summed E-state index contributed by atoms with van der Waals surface area (Å²) in [6, 6.07) is 10.5. The molecular formula is C45H66FN5O7. The van der Waals surface area contributed by atoms with Crippen LogP contribution in [0.5, 0.6) is 11.5 Å². The number of rotatable bonds is 7. The first-order valence-corrected chi connectivity index (χ1v) is 21.2. The van der Waals surface area contributed by atoms with Gasteiger partial charge in [0.15, 0.2) is 0 Å². The van der Waals surface area contributed by atoms with Crippen molar-refractivity contribution in [1.82, 2.24) is 14.7 Å². The molecule has 320 valence electrons. The lowest BCUT2D eigenvalue weighted by Crippen LogP contribution is -2.50. The molecule has 13 heteroatoms. The van der Waals surface area contributed by atoms with Gasteiger partial charge in [0.25, 0.3) is 5.91 Å². The van der Waals surface area contributed by atoms with E-state index in [0.717, 1.165) is 37.4 Å². The van der Waals surface area contributed by atoms with Gasteiger partial charge in [0.1, 0.15) is 40.7 Å². The fourth-order valence-corrected chi connectivity index (χ4v) is 8.30. The van der Waals surface area contributed by atoms with E-state index >= 15 is 0 Å². The minimum atomic E-state index is -0.567. The quantitative estimate of drug-likeness (QED) is 0.274. The van der Waals surface area contributed by atoms with E-state index < -0.39 is 11.2 Å². The fourth-order valence-electron chi connectivity index (χ4n) is 8.30. The zero-order valence-electron chi connectivity index (χ0n) is 36.3. The van der Waals surface area contributed by atoms with E-state index in [2.05, 4.69) is 30.6 Å². The third-order valence-corrected chi connectivity index (χ3v) is 11.5. The van der Waals surface area contributed by atoms with Crippen LogP contribution in [0.1, 0.15) is 105 Å². The second-order valence-electron chi connectivity index (χ2n) is 19.5. The number of amides is 3. The molecule has 2 aromatic rings. The van der Waals surface area contributed by atoms with Crippen LogP contribution >= 0.6 is 0 Å². The summed E-state index contributed by atoms with van der Waals surface area (Å²) < 4.78 is 39.0. The lowest BCUT2D eigenvalue weighted by atomic mass is 9.75. The van der Waals surface area contributed by atoms with E-state index in [0.29, 0.717) is 94.5 Å². The normalized spacial score (nSPS) is 20.3. The molecule has 0 unspecified atom stereocenters. The van der Waals surface area contributed by atoms with Crippen molar-refractivity contribution in [3.63, 3.8) is 0 Å². The molecular weight excluding hydrogens is 742 g/mol. The van der Waals surface area contributed by atoms with Crippen molar-refractivity contribution in [2.75, 3.05) is 75.2 Å². The van der Waals surface area contributed by atoms with E-state index in [9.17, 15) is 18.8 Å². The molecule has 4 aliphatic heterocycles. The molecule has 12 nitrogen and oxygen atoms in total. The zero-order chi connectivity index (χ0) is 42.0. The predicted molar refractivity (Wildman–Crippen MR) is 224 cm³/mol. The van der Waals surface area contributed by atoms with Gasteiger partial charge in [-0.2, -0.15) is 0 Å². The van der Waals surface area contributed by atoms with Gasteiger partial charge < -0.3 is 43.4 Å². The van der Waals surface area contributed by atoms with E-state index in [1.54, 1.807) is 9.80 Å². The topological polar surface area (TPSA) is 104 Å². The highest BCUT2D eigenvalue weighted by atomic mass is 19.1. The molecule has 4 fully saturated rings. The van der Waals surface area contributed by atoms with Gasteiger partial charge in [-0.25, -0.2) is 14.0 Å². The number of halogens is 1. The predicted octanol–water partition coefficient (Wildman–Crippen LogP) is 8.22. The first-order valence-electron chi connectivity index (χ1n) is 21.2. The van der Waals surface area contributed by atoms with Crippen molar-refractivity contribution in [2.24, 2.45) is 11.3 Å². The summed E-state index contributed by atoms with van der Waals surface area (Å²) in [6.07, 6.45) is 3.05. The number of piperidine rings is 2. The lowest BCUT2D eigenvalue weighted by molar-refractivity contribution is 0.0237. The number of benzene rings is 2. The molecule has 0 N–H and O–H groups in total. The smallest absolute Gasteiger partial charge is 0.410 e. The van der Waals surface area contributed by atoms with E-state index in [4.69, 9.17) is 18.9 Å². The summed E-state index contributed by atoms with van der Waals surface area (Å²) in [5.41, 5.74) is 1.34. The van der Waals surface area contributed by atoms with Crippen molar-refractivity contribution in [3.8, 4) is 11.5 Å². The number of nitrogens with zero attached hydrogens (tertiary/aromatic N) is 5. The Morgan fingerprint density at radius 3 is 1.79 bits per heavy atom. The average Bonchev–Trinajstić information content (AvgIpc) is 3.62. The molecule has 0 bridgehead atoms. The van der Waals surface area contributed by atoms with Crippen LogP contribution in [0.2, 0.25) is 0 Å². The van der Waals surface area contributed by atoms with E-state index in [1.165, 1.54) is 12.1 Å². The van der Waals surface area contributed by atoms with Gasteiger partial charge in [-0.1, -0.05) is 20.8 Å². The largest absolute Gasteiger partial charge is 0.490 e. The van der Waals surface area contributed by atoms with Crippen LogP contribution in [0, 0.1) is 17.2 Å². The third-order valence-electron chi connectivity index (χ3n) is 11.5. The van der Waals surface area contributed by atoms with Crippen LogP contribution < -0.4 is 19.3 Å². The highest BCUT2D eigenvalue weighted by Gasteiger charge is 2.34. The van der Waals surface area contributed by atoms with Gasteiger partial charge in [0.05, 0.1) is 12.2 Å². The van der Waals surface area contributed by atoms with Crippen LogP contribution in [0.3, 0.4) is 0 Å². The maximum Gasteiger partial charge on any atom is 0.410 e. The Labute approximate surface area is 344 Å². The van der Waals surface area contributed by atoms with Gasteiger partial charge >= 0.3 is 12.2 Å². The van der Waals surface area contributed by atoms with Gasteiger partial charge in [-0.05, 0) is 90.0 Å². The van der Waals surface area contributed by atoms with Crippen LogP contribution in [0.25, 0.3) is 0 Å². The summed E-state index contributed by atoms with van der Waals surface area (Å²) in [6.45, 7) is 23.9. The Balaban J connectivity index is 1.07. The third kappa shape index (κ3) is 11.4. The molecule has 0 aliphatic carbocycles. The second-order valence-corrected chi connectivity index (χ2v) is 19.5. The highest BCUT2D eigenvalue weighted by molar-refractivity contribution is 5.96. The molecule has 3 amide bonds. The average molecular weight is 808 g/mol. The Hall–Kier alpha value is -4.42. The molecule has 1 atom stereocenters. The maximum absolute atomic E-state index is 14.9. The standard InChI is InChI=1S/C45H66FN5O7/c1-43(2,3)32-12-17-48(18-13-32)38-26-31(10-11-39(38)56-36-16-21-51(30-36)42(54)58-45(7,8)9)40(52)49-19-14-35(15-20-49)55-37-28-33(46)27-34(29-37)47-22-24-50(25-23-47)41(53)57-44(4,5)6/h10-11,26-29,32,35-36H,12-25,30H2,1-9H3/t36-/m0/s1. The summed E-state index contributed by atoms with van der Waals surface area (Å²) in [5.74, 6) is 1.38. The number of likely N-dealkylation sites (tertiary alicyclic amines) is 2. The van der Waals surface area contributed by atoms with Crippen LogP contribution in [-0.4, -0.2) is 122 Å². The molecule has 4 aliphatic rings. The number of piperazine rings is 1. The SMILES string of the molecule is CC(C)(C)OC(=O)N1CCN(c2cc(F)cc(OC3CCN(C(=O)c4ccc(O[C@H]5CCN(C(=O)OC(C)(C)C)C5)c(N5CCC(C(C)(C)C)CC5)c4)CC3)c2)CC1.